The highest BCUT2D eigenvalue weighted by Crippen LogP contribution is 2.29. The lowest BCUT2D eigenvalue weighted by molar-refractivity contribution is 0.101. The largest absolute Gasteiger partial charge is 0.495 e. The Morgan fingerprint density at radius 3 is 2.71 bits per heavy atom. The first-order valence-electron chi connectivity index (χ1n) is 5.66. The van der Waals surface area contributed by atoms with Gasteiger partial charge in [0.1, 0.15) is 16.3 Å². The quantitative estimate of drug-likeness (QED) is 0.793. The van der Waals surface area contributed by atoms with Crippen LogP contribution in [0.4, 0.5) is 5.13 Å². The minimum Gasteiger partial charge on any atom is -0.495 e. The third-order valence-corrected chi connectivity index (χ3v) is 5.24. The van der Waals surface area contributed by atoms with Crippen molar-refractivity contribution in [3.8, 4) is 5.75 Å². The van der Waals surface area contributed by atoms with Gasteiger partial charge in [0.15, 0.2) is 10.9 Å². The van der Waals surface area contributed by atoms with E-state index in [9.17, 15) is 13.2 Å². The average Bonchev–Trinajstić information content (AvgIpc) is 2.86. The van der Waals surface area contributed by atoms with Crippen molar-refractivity contribution in [2.24, 2.45) is 0 Å². The van der Waals surface area contributed by atoms with Crippen molar-refractivity contribution in [1.82, 2.24) is 4.98 Å². The summed E-state index contributed by atoms with van der Waals surface area (Å²) >= 11 is 4.26. The van der Waals surface area contributed by atoms with Gasteiger partial charge < -0.3 is 4.74 Å². The smallest absolute Gasteiger partial charge is 0.267 e. The van der Waals surface area contributed by atoms with E-state index < -0.39 is 10.0 Å². The number of rotatable bonds is 5. The number of nitrogens with one attached hydrogen (secondary N) is 1. The van der Waals surface area contributed by atoms with Crippen LogP contribution in [0.3, 0.4) is 0 Å². The fourth-order valence-electron chi connectivity index (χ4n) is 1.51. The molecule has 1 aromatic heterocycles. The van der Waals surface area contributed by atoms with Gasteiger partial charge in [0.25, 0.3) is 10.0 Å². The number of anilines is 1. The Morgan fingerprint density at radius 2 is 2.14 bits per heavy atom. The van der Waals surface area contributed by atoms with Crippen molar-refractivity contribution in [2.45, 2.75) is 11.8 Å². The first-order valence-corrected chi connectivity index (χ1v) is 8.82. The molecule has 1 heterocycles. The molecule has 1 aromatic carbocycles. The molecule has 0 aliphatic heterocycles. The summed E-state index contributed by atoms with van der Waals surface area (Å²) in [7, 11) is -2.47. The van der Waals surface area contributed by atoms with Crippen molar-refractivity contribution in [2.75, 3.05) is 11.8 Å². The Morgan fingerprint density at radius 1 is 1.43 bits per heavy atom. The number of hydrogen-bond donors (Lipinski definition) is 1. The van der Waals surface area contributed by atoms with E-state index in [4.69, 9.17) is 4.74 Å². The number of carbonyl (C=O) groups is 1. The van der Waals surface area contributed by atoms with E-state index in [1.165, 1.54) is 25.5 Å². The second kappa shape index (κ2) is 6.12. The van der Waals surface area contributed by atoms with Crippen molar-refractivity contribution in [3.05, 3.63) is 33.7 Å². The third kappa shape index (κ3) is 3.60. The SMILES string of the molecule is COc1ccc(Br)cc1S(=O)(=O)Nc1nc(C(C)=O)cs1. The number of carbonyl (C=O) groups excluding carboxylic acids is 1. The van der Waals surface area contributed by atoms with E-state index in [-0.39, 0.29) is 27.3 Å². The Hall–Kier alpha value is -1.45. The Labute approximate surface area is 134 Å². The number of hydrogen-bond acceptors (Lipinski definition) is 6. The van der Waals surface area contributed by atoms with Gasteiger partial charge in [-0.2, -0.15) is 0 Å². The molecule has 0 spiro atoms. The van der Waals surface area contributed by atoms with Crippen LogP contribution in [0.1, 0.15) is 17.4 Å². The van der Waals surface area contributed by atoms with Crippen LogP contribution in [0, 0.1) is 0 Å². The van der Waals surface area contributed by atoms with Gasteiger partial charge in [-0.05, 0) is 18.2 Å². The maximum atomic E-state index is 12.4. The van der Waals surface area contributed by atoms with Gasteiger partial charge in [-0.15, -0.1) is 11.3 Å². The topological polar surface area (TPSA) is 85.4 Å². The third-order valence-electron chi connectivity index (χ3n) is 2.50. The lowest BCUT2D eigenvalue weighted by Crippen LogP contribution is -2.14. The first-order chi connectivity index (χ1) is 9.83. The number of methoxy groups -OCH3 is 1. The molecule has 0 aliphatic rings. The van der Waals surface area contributed by atoms with E-state index in [0.29, 0.717) is 4.47 Å². The van der Waals surface area contributed by atoms with Crippen LogP contribution in [0.15, 0.2) is 32.9 Å². The van der Waals surface area contributed by atoms with Crippen molar-refractivity contribution in [1.29, 1.82) is 0 Å². The van der Waals surface area contributed by atoms with Crippen LogP contribution in [0.25, 0.3) is 0 Å². The van der Waals surface area contributed by atoms with Crippen LogP contribution in [0.2, 0.25) is 0 Å². The van der Waals surface area contributed by atoms with Gasteiger partial charge in [0, 0.05) is 16.8 Å². The summed E-state index contributed by atoms with van der Waals surface area (Å²) in [6, 6.07) is 4.65. The number of Topliss-reactive ketones (excluding diaryl/α,β-unsaturated/α-hetero) is 1. The number of sulfonamides is 1. The number of ketones is 1. The predicted molar refractivity (Wildman–Crippen MR) is 83.6 cm³/mol. The lowest BCUT2D eigenvalue weighted by Gasteiger charge is -2.10. The minimum absolute atomic E-state index is 0.0149. The van der Waals surface area contributed by atoms with Gasteiger partial charge in [-0.1, -0.05) is 15.9 Å². The summed E-state index contributed by atoms with van der Waals surface area (Å²) in [5, 5.41) is 1.63. The van der Waals surface area contributed by atoms with E-state index in [1.54, 1.807) is 12.1 Å². The summed E-state index contributed by atoms with van der Waals surface area (Å²) in [6.45, 7) is 1.37. The fourth-order valence-corrected chi connectivity index (χ4v) is 4.22. The molecule has 1 N–H and O–H groups in total. The molecule has 6 nitrogen and oxygen atoms in total. The first kappa shape index (κ1) is 15.9. The summed E-state index contributed by atoms with van der Waals surface area (Å²) in [5.41, 5.74) is 0.221. The molecule has 0 saturated heterocycles. The lowest BCUT2D eigenvalue weighted by atomic mass is 10.3. The monoisotopic (exact) mass is 390 g/mol. The van der Waals surface area contributed by atoms with Crippen molar-refractivity contribution >= 4 is 48.2 Å². The Bertz CT molecular complexity index is 786. The van der Waals surface area contributed by atoms with Gasteiger partial charge in [-0.25, -0.2) is 13.4 Å². The molecular formula is C12H11BrN2O4S2. The van der Waals surface area contributed by atoms with E-state index >= 15 is 0 Å². The minimum atomic E-state index is -3.86. The molecule has 9 heteroatoms. The predicted octanol–water partition coefficient (Wildman–Crippen LogP) is 2.92. The molecule has 0 radical (unpaired) electrons. The summed E-state index contributed by atoms with van der Waals surface area (Å²) in [5.74, 6) is -0.00854. The van der Waals surface area contributed by atoms with E-state index in [1.807, 2.05) is 0 Å². The summed E-state index contributed by atoms with van der Waals surface area (Å²) in [6.07, 6.45) is 0. The molecule has 112 valence electrons. The maximum absolute atomic E-state index is 12.4. The number of nitrogens with zero attached hydrogens (tertiary/aromatic N) is 1. The summed E-state index contributed by atoms with van der Waals surface area (Å²) < 4.78 is 32.8. The molecular weight excluding hydrogens is 380 g/mol. The van der Waals surface area contributed by atoms with Gasteiger partial charge in [0.2, 0.25) is 0 Å². The molecule has 21 heavy (non-hydrogen) atoms. The molecule has 0 atom stereocenters. The van der Waals surface area contributed by atoms with E-state index in [0.717, 1.165) is 11.3 Å². The van der Waals surface area contributed by atoms with Crippen LogP contribution in [-0.4, -0.2) is 26.3 Å². The number of ether oxygens (including phenoxy) is 1. The highest BCUT2D eigenvalue weighted by atomic mass is 79.9. The zero-order valence-electron chi connectivity index (χ0n) is 11.1. The van der Waals surface area contributed by atoms with Gasteiger partial charge >= 0.3 is 0 Å². The van der Waals surface area contributed by atoms with Crippen LogP contribution in [-0.2, 0) is 10.0 Å². The molecule has 0 unspecified atom stereocenters. The summed E-state index contributed by atoms with van der Waals surface area (Å²) in [4.78, 5) is 15.1. The van der Waals surface area contributed by atoms with E-state index in [2.05, 4.69) is 25.6 Å². The average molecular weight is 391 g/mol. The highest BCUT2D eigenvalue weighted by molar-refractivity contribution is 9.10. The molecule has 0 fully saturated rings. The second-order valence-electron chi connectivity index (χ2n) is 3.99. The maximum Gasteiger partial charge on any atom is 0.267 e. The molecule has 0 amide bonds. The van der Waals surface area contributed by atoms with Gasteiger partial charge in [-0.3, -0.25) is 9.52 Å². The number of thiazole rings is 1. The molecule has 2 rings (SSSR count). The van der Waals surface area contributed by atoms with Crippen molar-refractivity contribution < 1.29 is 17.9 Å². The zero-order valence-corrected chi connectivity index (χ0v) is 14.3. The van der Waals surface area contributed by atoms with Crippen LogP contribution in [0.5, 0.6) is 5.75 Å². The second-order valence-corrected chi connectivity index (χ2v) is 7.42. The normalized spacial score (nSPS) is 11.2. The number of halogens is 1. The number of benzene rings is 1. The standard InChI is InChI=1S/C12H11BrN2O4S2/c1-7(16)9-6-20-12(14-9)15-21(17,18)11-5-8(13)3-4-10(11)19-2/h3-6H,1-2H3,(H,14,15). The molecule has 0 bridgehead atoms. The number of aromatic nitrogens is 1. The van der Waals surface area contributed by atoms with Crippen molar-refractivity contribution in [3.63, 3.8) is 0 Å². The van der Waals surface area contributed by atoms with Crippen LogP contribution < -0.4 is 9.46 Å². The molecule has 0 saturated carbocycles. The zero-order chi connectivity index (χ0) is 15.6. The Balaban J connectivity index is 2.38. The highest BCUT2D eigenvalue weighted by Gasteiger charge is 2.21. The fraction of sp³-hybridized carbons (Fsp3) is 0.167. The molecule has 0 aliphatic carbocycles. The van der Waals surface area contributed by atoms with Gasteiger partial charge in [0.05, 0.1) is 7.11 Å². The molecule has 2 aromatic rings. The Kier molecular flexibility index (Phi) is 4.64. The van der Waals surface area contributed by atoms with Crippen LogP contribution >= 0.6 is 27.3 Å².